The van der Waals surface area contributed by atoms with Crippen LogP contribution in [0.3, 0.4) is 0 Å². The average molecular weight is 629 g/mol. The molecule has 3 aliphatic carbocycles. The number of phenols is 1. The lowest BCUT2D eigenvalue weighted by atomic mass is 9.44. The van der Waals surface area contributed by atoms with Crippen LogP contribution in [0.5, 0.6) is 5.75 Å². The van der Waals surface area contributed by atoms with Crippen molar-refractivity contribution < 1.29 is 34.8 Å². The SMILES string of the molecule is CCc1ccc(CC(CC)CC)cc1-c1ccc(O)c2c1C[C@]1(C)C[C@]3(C)C(C(C)C)C(O)=C(C(C)=O)C(=O)[C@]3(O)C(O)=C1C2=O. The van der Waals surface area contributed by atoms with Crippen LogP contribution >= 0.6 is 0 Å². The Labute approximate surface area is 272 Å². The van der Waals surface area contributed by atoms with E-state index < -0.39 is 51.0 Å². The van der Waals surface area contributed by atoms with Crippen molar-refractivity contribution in [1.82, 2.24) is 0 Å². The summed E-state index contributed by atoms with van der Waals surface area (Å²) in [5.74, 6) is -4.55. The highest BCUT2D eigenvalue weighted by atomic mass is 16.3. The number of aryl methyl sites for hydroxylation is 1. The molecular formula is C39H48O7. The number of ketones is 3. The summed E-state index contributed by atoms with van der Waals surface area (Å²) in [4.78, 5) is 41.1. The Balaban J connectivity index is 1.77. The zero-order valence-electron chi connectivity index (χ0n) is 28.4. The molecule has 0 amide bonds. The van der Waals surface area contributed by atoms with E-state index in [9.17, 15) is 34.8 Å². The van der Waals surface area contributed by atoms with Crippen molar-refractivity contribution in [2.24, 2.45) is 28.6 Å². The van der Waals surface area contributed by atoms with Gasteiger partial charge in [-0.05, 0) is 78.3 Å². The van der Waals surface area contributed by atoms with Gasteiger partial charge in [0, 0.05) is 22.3 Å². The minimum Gasteiger partial charge on any atom is -0.511 e. The first-order valence-corrected chi connectivity index (χ1v) is 16.7. The second kappa shape index (κ2) is 11.5. The molecule has 0 saturated heterocycles. The van der Waals surface area contributed by atoms with Gasteiger partial charge in [0.1, 0.15) is 22.8 Å². The van der Waals surface area contributed by atoms with E-state index in [1.807, 2.05) is 26.8 Å². The molecule has 1 unspecified atom stereocenters. The summed E-state index contributed by atoms with van der Waals surface area (Å²) in [6, 6.07) is 9.85. The maximum atomic E-state index is 14.5. The van der Waals surface area contributed by atoms with Gasteiger partial charge in [0.2, 0.25) is 5.78 Å². The molecule has 0 fully saturated rings. The van der Waals surface area contributed by atoms with Crippen LogP contribution in [-0.4, -0.2) is 43.4 Å². The first-order chi connectivity index (χ1) is 21.5. The van der Waals surface area contributed by atoms with E-state index in [0.717, 1.165) is 49.3 Å². The summed E-state index contributed by atoms with van der Waals surface area (Å²) >= 11 is 0. The number of aliphatic hydroxyl groups is 3. The second-order valence-corrected chi connectivity index (χ2v) is 14.7. The number of phenolic OH excluding ortho intramolecular Hbond substituents is 1. The quantitative estimate of drug-likeness (QED) is 0.222. The third-order valence-electron chi connectivity index (χ3n) is 11.4. The molecule has 0 spiro atoms. The van der Waals surface area contributed by atoms with Crippen LogP contribution in [0.1, 0.15) is 102 Å². The number of fused-ring (bicyclic) bond motifs is 3. The van der Waals surface area contributed by atoms with E-state index in [0.29, 0.717) is 11.5 Å². The van der Waals surface area contributed by atoms with Crippen molar-refractivity contribution in [2.45, 2.75) is 99.5 Å². The molecule has 0 radical (unpaired) electrons. The number of aliphatic hydroxyl groups excluding tert-OH is 2. The molecule has 2 aromatic carbocycles. The van der Waals surface area contributed by atoms with Gasteiger partial charge in [-0.2, -0.15) is 0 Å². The molecule has 0 heterocycles. The topological polar surface area (TPSA) is 132 Å². The van der Waals surface area contributed by atoms with Crippen molar-refractivity contribution >= 4 is 17.3 Å². The molecular weight excluding hydrogens is 580 g/mol. The van der Waals surface area contributed by atoms with Crippen LogP contribution in [0.2, 0.25) is 0 Å². The van der Waals surface area contributed by atoms with Gasteiger partial charge in [-0.15, -0.1) is 0 Å². The van der Waals surface area contributed by atoms with Crippen LogP contribution in [-0.2, 0) is 28.9 Å². The van der Waals surface area contributed by atoms with E-state index in [4.69, 9.17) is 0 Å². The highest BCUT2D eigenvalue weighted by molar-refractivity contribution is 6.25. The fourth-order valence-corrected chi connectivity index (χ4v) is 9.20. The number of aromatic hydroxyl groups is 1. The fraction of sp³-hybridized carbons (Fsp3) is 0.513. The Hall–Kier alpha value is -3.71. The van der Waals surface area contributed by atoms with E-state index in [2.05, 4.69) is 39.0 Å². The molecule has 0 aliphatic heterocycles. The van der Waals surface area contributed by atoms with Gasteiger partial charge in [-0.25, -0.2) is 0 Å². The van der Waals surface area contributed by atoms with Gasteiger partial charge in [-0.3, -0.25) is 14.4 Å². The monoisotopic (exact) mass is 628 g/mol. The lowest BCUT2D eigenvalue weighted by Gasteiger charge is -2.59. The minimum atomic E-state index is -2.62. The normalized spacial score (nSPS) is 27.7. The molecule has 246 valence electrons. The Bertz CT molecular complexity index is 1710. The largest absolute Gasteiger partial charge is 0.511 e. The lowest BCUT2D eigenvalue weighted by Crippen LogP contribution is -2.67. The lowest BCUT2D eigenvalue weighted by molar-refractivity contribution is -0.171. The van der Waals surface area contributed by atoms with Crippen molar-refractivity contribution in [2.75, 3.05) is 0 Å². The van der Waals surface area contributed by atoms with Crippen LogP contribution < -0.4 is 0 Å². The van der Waals surface area contributed by atoms with Crippen LogP contribution in [0.15, 0.2) is 53.0 Å². The van der Waals surface area contributed by atoms with Gasteiger partial charge >= 0.3 is 0 Å². The first-order valence-electron chi connectivity index (χ1n) is 16.7. The van der Waals surface area contributed by atoms with Crippen molar-refractivity contribution in [3.8, 4) is 16.9 Å². The number of carbonyl (C=O) groups excluding carboxylic acids is 3. The Morgan fingerprint density at radius 3 is 2.20 bits per heavy atom. The smallest absolute Gasteiger partial charge is 0.209 e. The molecule has 4 atom stereocenters. The number of rotatable bonds is 8. The minimum absolute atomic E-state index is 0.0463. The number of hydrogen-bond donors (Lipinski definition) is 4. The van der Waals surface area contributed by atoms with Crippen LogP contribution in [0.4, 0.5) is 0 Å². The van der Waals surface area contributed by atoms with Crippen LogP contribution in [0, 0.1) is 28.6 Å². The van der Waals surface area contributed by atoms with Crippen molar-refractivity contribution in [3.63, 3.8) is 0 Å². The maximum Gasteiger partial charge on any atom is 0.209 e. The van der Waals surface area contributed by atoms with Crippen molar-refractivity contribution in [1.29, 1.82) is 0 Å². The van der Waals surface area contributed by atoms with E-state index in [-0.39, 0.29) is 41.4 Å². The molecule has 0 aromatic heterocycles. The fourth-order valence-electron chi connectivity index (χ4n) is 9.20. The number of Topliss-reactive ketones (excluding diaryl/α,β-unsaturated/α-hetero) is 3. The van der Waals surface area contributed by atoms with Gasteiger partial charge < -0.3 is 20.4 Å². The third kappa shape index (κ3) is 4.60. The summed E-state index contributed by atoms with van der Waals surface area (Å²) in [6.45, 7) is 14.8. The zero-order chi connectivity index (χ0) is 34.1. The Morgan fingerprint density at radius 2 is 1.63 bits per heavy atom. The second-order valence-electron chi connectivity index (χ2n) is 14.7. The number of hydrogen-bond acceptors (Lipinski definition) is 7. The number of allylic oxidation sites excluding steroid dienone is 2. The Morgan fingerprint density at radius 1 is 0.978 bits per heavy atom. The molecule has 3 aliphatic rings. The molecule has 0 bridgehead atoms. The molecule has 5 rings (SSSR count). The van der Waals surface area contributed by atoms with Gasteiger partial charge in [0.25, 0.3) is 0 Å². The standard InChI is InChI=1S/C39H48O7/c1-9-22(10-2)16-23-12-13-24(11-3)26(17-23)25-14-15-28(41)30-27(25)18-37(7)19-38(8)31(20(4)5)33(42)29(21(6)40)35(44)39(38,46)36(45)32(37)34(30)43/h12-15,17,20,22,31,41-42,45-46H,9-11,16,18-19H2,1-8H3/t31?,37-,38-,39+/m1/s1. The summed E-state index contributed by atoms with van der Waals surface area (Å²) in [7, 11) is 0. The third-order valence-corrected chi connectivity index (χ3v) is 11.4. The molecule has 4 N–H and O–H groups in total. The highest BCUT2D eigenvalue weighted by Crippen LogP contribution is 2.65. The van der Waals surface area contributed by atoms with E-state index in [1.54, 1.807) is 6.92 Å². The van der Waals surface area contributed by atoms with Crippen LogP contribution in [0.25, 0.3) is 11.1 Å². The first kappa shape index (κ1) is 33.6. The van der Waals surface area contributed by atoms with Gasteiger partial charge in [-0.1, -0.05) is 85.6 Å². The molecule has 2 aromatic rings. The predicted octanol–water partition coefficient (Wildman–Crippen LogP) is 7.55. The predicted molar refractivity (Wildman–Crippen MR) is 178 cm³/mol. The highest BCUT2D eigenvalue weighted by Gasteiger charge is 2.71. The molecule has 0 saturated carbocycles. The zero-order valence-corrected chi connectivity index (χ0v) is 28.4. The summed E-state index contributed by atoms with van der Waals surface area (Å²) in [5, 5.41) is 46.8. The van der Waals surface area contributed by atoms with Gasteiger partial charge in [0.05, 0.1) is 5.56 Å². The average Bonchev–Trinajstić information content (AvgIpc) is 2.97. The Kier molecular flexibility index (Phi) is 8.42. The molecule has 7 nitrogen and oxygen atoms in total. The van der Waals surface area contributed by atoms with E-state index >= 15 is 0 Å². The molecule has 7 heteroatoms. The maximum absolute atomic E-state index is 14.5. The summed E-state index contributed by atoms with van der Waals surface area (Å²) in [5.41, 5.74) is -1.00. The van der Waals surface area contributed by atoms with Crippen molar-refractivity contribution in [3.05, 3.63) is 75.3 Å². The summed E-state index contributed by atoms with van der Waals surface area (Å²) < 4.78 is 0. The molecule has 46 heavy (non-hydrogen) atoms. The summed E-state index contributed by atoms with van der Waals surface area (Å²) in [6.07, 6.45) is 4.15. The van der Waals surface area contributed by atoms with Gasteiger partial charge in [0.15, 0.2) is 17.2 Å². The van der Waals surface area contributed by atoms with E-state index in [1.165, 1.54) is 11.6 Å². The number of carbonyl (C=O) groups is 3. The number of benzene rings is 2.